The average molecular weight is 322 g/mol. The van der Waals surface area contributed by atoms with Gasteiger partial charge in [-0.25, -0.2) is 0 Å². The van der Waals surface area contributed by atoms with Gasteiger partial charge < -0.3 is 9.64 Å². The lowest BCUT2D eigenvalue weighted by Crippen LogP contribution is -2.45. The van der Waals surface area contributed by atoms with Crippen LogP contribution in [0.15, 0.2) is 29.2 Å². The Kier molecular flexibility index (Phi) is 5.43. The standard InChI is InChI=1S/C15H18N2O4S/c1-3-17(12-8-13(18)16-15(12)20)14(19)9-22-11-6-4-5-10(7-11)21-2/h4-7,12H,3,8-9H2,1-2H3,(H,16,18,20). The molecule has 0 saturated carbocycles. The number of rotatable bonds is 6. The van der Waals surface area contributed by atoms with Crippen LogP contribution in [0.3, 0.4) is 0 Å². The van der Waals surface area contributed by atoms with E-state index in [2.05, 4.69) is 5.32 Å². The van der Waals surface area contributed by atoms with E-state index in [4.69, 9.17) is 4.74 Å². The molecule has 1 N–H and O–H groups in total. The molecular weight excluding hydrogens is 304 g/mol. The van der Waals surface area contributed by atoms with Crippen LogP contribution in [-0.2, 0) is 14.4 Å². The highest BCUT2D eigenvalue weighted by Crippen LogP contribution is 2.23. The highest BCUT2D eigenvalue weighted by molar-refractivity contribution is 8.00. The van der Waals surface area contributed by atoms with Crippen LogP contribution in [0, 0.1) is 0 Å². The Hall–Kier alpha value is -2.02. The third kappa shape index (κ3) is 3.79. The fraction of sp³-hybridized carbons (Fsp3) is 0.400. The van der Waals surface area contributed by atoms with Crippen LogP contribution in [0.1, 0.15) is 13.3 Å². The Labute approximate surface area is 133 Å². The van der Waals surface area contributed by atoms with Gasteiger partial charge >= 0.3 is 0 Å². The minimum atomic E-state index is -0.684. The van der Waals surface area contributed by atoms with Gasteiger partial charge in [0.15, 0.2) is 0 Å². The number of thioether (sulfide) groups is 1. The summed E-state index contributed by atoms with van der Waals surface area (Å²) in [6.45, 7) is 2.19. The van der Waals surface area contributed by atoms with E-state index in [-0.39, 0.29) is 24.0 Å². The van der Waals surface area contributed by atoms with Crippen molar-refractivity contribution in [2.45, 2.75) is 24.3 Å². The van der Waals surface area contributed by atoms with Crippen LogP contribution < -0.4 is 10.1 Å². The number of carbonyl (C=O) groups is 3. The molecule has 1 aliphatic heterocycles. The number of carbonyl (C=O) groups excluding carboxylic acids is 3. The van der Waals surface area contributed by atoms with Gasteiger partial charge in [0.2, 0.25) is 17.7 Å². The number of methoxy groups -OCH3 is 1. The third-order valence-corrected chi connectivity index (χ3v) is 4.36. The van der Waals surface area contributed by atoms with Crippen molar-refractivity contribution in [1.29, 1.82) is 0 Å². The first kappa shape index (κ1) is 16.4. The number of ether oxygens (including phenoxy) is 1. The summed E-state index contributed by atoms with van der Waals surface area (Å²) in [5.41, 5.74) is 0. The van der Waals surface area contributed by atoms with Crippen LogP contribution in [-0.4, -0.2) is 48.1 Å². The molecule has 1 aliphatic rings. The molecule has 1 unspecified atom stereocenters. The summed E-state index contributed by atoms with van der Waals surface area (Å²) >= 11 is 1.37. The summed E-state index contributed by atoms with van der Waals surface area (Å²) < 4.78 is 5.14. The molecule has 7 heteroatoms. The number of nitrogens with one attached hydrogen (secondary N) is 1. The molecule has 1 fully saturated rings. The largest absolute Gasteiger partial charge is 0.497 e. The number of amides is 3. The van der Waals surface area contributed by atoms with Gasteiger partial charge in [0.1, 0.15) is 11.8 Å². The summed E-state index contributed by atoms with van der Waals surface area (Å²) in [6.07, 6.45) is 0.0439. The molecule has 1 aromatic carbocycles. The summed E-state index contributed by atoms with van der Waals surface area (Å²) in [6, 6.07) is 6.74. The topological polar surface area (TPSA) is 75.7 Å². The van der Waals surface area contributed by atoms with Gasteiger partial charge in [-0.1, -0.05) is 6.07 Å². The maximum atomic E-state index is 12.3. The first-order valence-electron chi connectivity index (χ1n) is 6.95. The lowest BCUT2D eigenvalue weighted by Gasteiger charge is -2.25. The molecular formula is C15H18N2O4S. The van der Waals surface area contributed by atoms with Crippen LogP contribution in [0.5, 0.6) is 5.75 Å². The molecule has 0 aromatic heterocycles. The van der Waals surface area contributed by atoms with Gasteiger partial charge in [0, 0.05) is 11.4 Å². The molecule has 118 valence electrons. The van der Waals surface area contributed by atoms with Crippen molar-refractivity contribution in [3.63, 3.8) is 0 Å². The van der Waals surface area contributed by atoms with Crippen molar-refractivity contribution < 1.29 is 19.1 Å². The zero-order valence-electron chi connectivity index (χ0n) is 12.5. The first-order valence-corrected chi connectivity index (χ1v) is 7.93. The van der Waals surface area contributed by atoms with Gasteiger partial charge in [-0.15, -0.1) is 11.8 Å². The van der Waals surface area contributed by atoms with Crippen molar-refractivity contribution >= 4 is 29.5 Å². The molecule has 0 bridgehead atoms. The Morgan fingerprint density at radius 1 is 1.45 bits per heavy atom. The van der Waals surface area contributed by atoms with E-state index < -0.39 is 11.9 Å². The number of hydrogen-bond donors (Lipinski definition) is 1. The second kappa shape index (κ2) is 7.31. The third-order valence-electron chi connectivity index (χ3n) is 3.38. The molecule has 0 spiro atoms. The Bertz CT molecular complexity index is 591. The molecule has 22 heavy (non-hydrogen) atoms. The quantitative estimate of drug-likeness (QED) is 0.626. The van der Waals surface area contributed by atoms with Crippen molar-refractivity contribution in [1.82, 2.24) is 10.2 Å². The lowest BCUT2D eigenvalue weighted by molar-refractivity contribution is -0.136. The lowest BCUT2D eigenvalue weighted by atomic mass is 10.2. The Morgan fingerprint density at radius 2 is 2.23 bits per heavy atom. The molecule has 3 amide bonds. The van der Waals surface area contributed by atoms with Crippen LogP contribution in [0.2, 0.25) is 0 Å². The SMILES string of the molecule is CCN(C(=O)CSc1cccc(OC)c1)C1CC(=O)NC1=O. The highest BCUT2D eigenvalue weighted by Gasteiger charge is 2.36. The average Bonchev–Trinajstić information content (AvgIpc) is 2.85. The fourth-order valence-corrected chi connectivity index (χ4v) is 3.11. The normalized spacial score (nSPS) is 17.3. The van der Waals surface area contributed by atoms with E-state index >= 15 is 0 Å². The molecule has 0 radical (unpaired) electrons. The smallest absolute Gasteiger partial charge is 0.249 e. The molecule has 0 aliphatic carbocycles. The van der Waals surface area contributed by atoms with Gasteiger partial charge in [-0.3, -0.25) is 19.7 Å². The number of likely N-dealkylation sites (N-methyl/N-ethyl adjacent to an activating group) is 1. The summed E-state index contributed by atoms with van der Waals surface area (Å²) in [5, 5.41) is 2.23. The summed E-state index contributed by atoms with van der Waals surface area (Å²) in [5.74, 6) is 0.0444. The number of hydrogen-bond acceptors (Lipinski definition) is 5. The van der Waals surface area contributed by atoms with E-state index in [1.807, 2.05) is 24.3 Å². The van der Waals surface area contributed by atoms with Crippen LogP contribution in [0.4, 0.5) is 0 Å². The molecule has 1 heterocycles. The van der Waals surface area contributed by atoms with Gasteiger partial charge in [0.25, 0.3) is 0 Å². The predicted octanol–water partition coefficient (Wildman–Crippen LogP) is 1.05. The second-order valence-corrected chi connectivity index (χ2v) is 5.83. The first-order chi connectivity index (χ1) is 10.5. The molecule has 1 atom stereocenters. The number of imide groups is 1. The van der Waals surface area contributed by atoms with Crippen molar-refractivity contribution in [3.8, 4) is 5.75 Å². The van der Waals surface area contributed by atoms with Crippen LogP contribution in [0.25, 0.3) is 0 Å². The molecule has 1 aromatic rings. The van der Waals surface area contributed by atoms with Crippen LogP contribution >= 0.6 is 11.8 Å². The van der Waals surface area contributed by atoms with Gasteiger partial charge in [0.05, 0.1) is 19.3 Å². The van der Waals surface area contributed by atoms with E-state index in [1.165, 1.54) is 16.7 Å². The minimum absolute atomic E-state index is 0.0439. The maximum Gasteiger partial charge on any atom is 0.249 e. The minimum Gasteiger partial charge on any atom is -0.497 e. The van der Waals surface area contributed by atoms with Crippen molar-refractivity contribution in [2.75, 3.05) is 19.4 Å². The van der Waals surface area contributed by atoms with Gasteiger partial charge in [-0.2, -0.15) is 0 Å². The second-order valence-electron chi connectivity index (χ2n) is 4.78. The fourth-order valence-electron chi connectivity index (χ4n) is 2.28. The monoisotopic (exact) mass is 322 g/mol. The van der Waals surface area contributed by atoms with E-state index in [9.17, 15) is 14.4 Å². The van der Waals surface area contributed by atoms with Crippen molar-refractivity contribution in [3.05, 3.63) is 24.3 Å². The zero-order valence-corrected chi connectivity index (χ0v) is 13.3. The molecule has 2 rings (SSSR count). The summed E-state index contributed by atoms with van der Waals surface area (Å²) in [4.78, 5) is 37.7. The molecule has 1 saturated heterocycles. The van der Waals surface area contributed by atoms with E-state index in [1.54, 1.807) is 14.0 Å². The Balaban J connectivity index is 1.97. The zero-order chi connectivity index (χ0) is 16.1. The number of benzene rings is 1. The van der Waals surface area contributed by atoms with E-state index in [0.29, 0.717) is 6.54 Å². The Morgan fingerprint density at radius 3 is 2.82 bits per heavy atom. The van der Waals surface area contributed by atoms with Crippen molar-refractivity contribution in [2.24, 2.45) is 0 Å². The molecule has 6 nitrogen and oxygen atoms in total. The number of nitrogens with zero attached hydrogens (tertiary/aromatic N) is 1. The predicted molar refractivity (Wildman–Crippen MR) is 82.7 cm³/mol. The maximum absolute atomic E-state index is 12.3. The van der Waals surface area contributed by atoms with E-state index in [0.717, 1.165) is 10.6 Å². The van der Waals surface area contributed by atoms with Gasteiger partial charge in [-0.05, 0) is 25.1 Å². The summed E-state index contributed by atoms with van der Waals surface area (Å²) in [7, 11) is 1.59. The highest BCUT2D eigenvalue weighted by atomic mass is 32.2.